The van der Waals surface area contributed by atoms with Crippen molar-refractivity contribution < 1.29 is 51.4 Å². The molecule has 9 N–H and O–H groups in total. The van der Waals surface area contributed by atoms with Crippen molar-refractivity contribution in [2.24, 2.45) is 17.9 Å². The number of rotatable bonds is 15. The second-order valence-electron chi connectivity index (χ2n) is 10.9. The lowest BCUT2D eigenvalue weighted by Crippen LogP contribution is -2.76. The first-order valence-electron chi connectivity index (χ1n) is 13.8. The van der Waals surface area contributed by atoms with E-state index in [1.54, 1.807) is 46.6 Å². The van der Waals surface area contributed by atoms with E-state index in [-0.39, 0.29) is 35.3 Å². The maximum atomic E-state index is 13.2. The summed E-state index contributed by atoms with van der Waals surface area (Å²) in [6.07, 6.45) is -0.849. The minimum absolute atomic E-state index is 0.0390. The van der Waals surface area contributed by atoms with Gasteiger partial charge in [-0.2, -0.15) is 13.5 Å². The van der Waals surface area contributed by atoms with Crippen LogP contribution in [-0.4, -0.2) is 103 Å². The Hall–Kier alpha value is -4.87. The Labute approximate surface area is 276 Å². The molecule has 1 saturated heterocycles. The number of benzene rings is 1. The molecule has 4 rings (SSSR count). The fraction of sp³-hybridized carbons (Fsp3) is 0.385. The van der Waals surface area contributed by atoms with E-state index in [1.807, 2.05) is 0 Å². The molecule has 0 saturated carbocycles. The van der Waals surface area contributed by atoms with Crippen molar-refractivity contribution in [2.75, 3.05) is 18.9 Å². The number of carbonyl (C=O) groups is 3. The Morgan fingerprint density at radius 2 is 1.94 bits per heavy atom. The van der Waals surface area contributed by atoms with Crippen molar-refractivity contribution >= 4 is 50.4 Å². The number of hydroxylamine groups is 2. The second kappa shape index (κ2) is 14.1. The number of carbonyl (C=O) groups excluding carboxylic acids is 2. The number of amides is 2. The van der Waals surface area contributed by atoms with Crippen LogP contribution in [0.4, 0.5) is 5.13 Å². The fourth-order valence-electron chi connectivity index (χ4n) is 4.49. The SMILES string of the molecule is Cn1c(-c2ccc(OC[C@H](ON=C(C(=O)NC3C(=O)N(OS(=O)(=O)O)C3(C)C)c3csc(N)n3)C(=O)O)cc2)cn(CC(O)CN)c1=N. The van der Waals surface area contributed by atoms with Gasteiger partial charge in [-0.15, -0.1) is 15.6 Å². The average Bonchev–Trinajstić information content (AvgIpc) is 3.57. The number of nitrogens with two attached hydrogens (primary N) is 2. The molecule has 260 valence electrons. The smallest absolute Gasteiger partial charge is 0.418 e. The van der Waals surface area contributed by atoms with Gasteiger partial charge in [0, 0.05) is 25.2 Å². The van der Waals surface area contributed by atoms with Crippen LogP contribution in [0.5, 0.6) is 5.75 Å². The Kier molecular flexibility index (Phi) is 10.6. The van der Waals surface area contributed by atoms with Crippen molar-refractivity contribution in [3.05, 3.63) is 47.2 Å². The van der Waals surface area contributed by atoms with E-state index in [0.29, 0.717) is 16.3 Å². The van der Waals surface area contributed by atoms with Gasteiger partial charge < -0.3 is 45.7 Å². The van der Waals surface area contributed by atoms with Crippen LogP contribution in [0.1, 0.15) is 19.5 Å². The van der Waals surface area contributed by atoms with E-state index in [4.69, 9.17) is 31.0 Å². The van der Waals surface area contributed by atoms with Gasteiger partial charge in [-0.05, 0) is 43.7 Å². The minimum Gasteiger partial charge on any atom is -0.489 e. The molecule has 0 radical (unpaired) electrons. The summed E-state index contributed by atoms with van der Waals surface area (Å²) in [6, 6.07) is 5.15. The number of aliphatic hydroxyl groups excluding tert-OH is 1. The number of nitrogens with zero attached hydrogens (tertiary/aromatic N) is 5. The number of oxime groups is 1. The maximum absolute atomic E-state index is 13.2. The monoisotopic (exact) mass is 711 g/mol. The van der Waals surface area contributed by atoms with E-state index in [9.17, 15) is 33.0 Å². The number of nitrogen functional groups attached to an aromatic ring is 1. The zero-order chi connectivity index (χ0) is 35.6. The summed E-state index contributed by atoms with van der Waals surface area (Å²) in [5.41, 5.74) is 10.6. The number of imidazole rings is 1. The van der Waals surface area contributed by atoms with Crippen LogP contribution in [0.3, 0.4) is 0 Å². The molecule has 48 heavy (non-hydrogen) atoms. The zero-order valence-corrected chi connectivity index (χ0v) is 27.3. The lowest BCUT2D eigenvalue weighted by molar-refractivity contribution is -0.218. The van der Waals surface area contributed by atoms with E-state index < -0.39 is 64.3 Å². The van der Waals surface area contributed by atoms with E-state index in [2.05, 4.69) is 19.7 Å². The van der Waals surface area contributed by atoms with Crippen molar-refractivity contribution in [1.29, 1.82) is 5.41 Å². The zero-order valence-electron chi connectivity index (χ0n) is 25.6. The Balaban J connectivity index is 1.46. The molecule has 0 aliphatic carbocycles. The Bertz CT molecular complexity index is 1880. The number of carboxylic acid groups (broad SMARTS) is 1. The number of aliphatic carboxylic acids is 1. The van der Waals surface area contributed by atoms with Gasteiger partial charge in [0.2, 0.25) is 5.62 Å². The van der Waals surface area contributed by atoms with Crippen LogP contribution in [0, 0.1) is 5.41 Å². The molecule has 1 aliphatic heterocycles. The van der Waals surface area contributed by atoms with Gasteiger partial charge in [0.05, 0.1) is 23.9 Å². The predicted octanol–water partition coefficient (Wildman–Crippen LogP) is -1.58. The number of hydrogen-bond acceptors (Lipinski definition) is 15. The number of aromatic nitrogens is 3. The summed E-state index contributed by atoms with van der Waals surface area (Å²) in [5.74, 6) is -3.29. The first kappa shape index (κ1) is 36.0. The van der Waals surface area contributed by atoms with E-state index in [1.165, 1.54) is 19.2 Å². The van der Waals surface area contributed by atoms with E-state index >= 15 is 0 Å². The lowest BCUT2D eigenvalue weighted by atomic mass is 9.84. The quantitative estimate of drug-likeness (QED) is 0.0405. The summed E-state index contributed by atoms with van der Waals surface area (Å²) in [5, 5.41) is 35.7. The Morgan fingerprint density at radius 1 is 1.27 bits per heavy atom. The molecular weight excluding hydrogens is 678 g/mol. The molecule has 1 aliphatic rings. The number of carboxylic acids is 1. The van der Waals surface area contributed by atoms with Crippen molar-refractivity contribution in [2.45, 2.75) is 44.2 Å². The highest BCUT2D eigenvalue weighted by atomic mass is 32.3. The second-order valence-corrected chi connectivity index (χ2v) is 12.8. The maximum Gasteiger partial charge on any atom is 0.418 e. The highest BCUT2D eigenvalue weighted by Crippen LogP contribution is 2.33. The van der Waals surface area contributed by atoms with Gasteiger partial charge in [0.15, 0.2) is 10.8 Å². The number of ether oxygens (including phenoxy) is 1. The number of aliphatic hydroxyl groups is 1. The highest BCUT2D eigenvalue weighted by Gasteiger charge is 2.58. The summed E-state index contributed by atoms with van der Waals surface area (Å²) in [7, 11) is -3.34. The summed E-state index contributed by atoms with van der Waals surface area (Å²) >= 11 is 0.940. The van der Waals surface area contributed by atoms with Crippen LogP contribution in [0.25, 0.3) is 11.3 Å². The molecule has 0 bridgehead atoms. The largest absolute Gasteiger partial charge is 0.489 e. The third kappa shape index (κ3) is 7.98. The number of nitrogens with one attached hydrogen (secondary N) is 2. The summed E-state index contributed by atoms with van der Waals surface area (Å²) in [4.78, 5) is 46.8. The molecule has 3 heterocycles. The number of hydrogen-bond donors (Lipinski definition) is 7. The lowest BCUT2D eigenvalue weighted by Gasteiger charge is -2.50. The third-order valence-electron chi connectivity index (χ3n) is 7.11. The number of β-lactam (4-membered cyclic amide) rings is 1. The van der Waals surface area contributed by atoms with Gasteiger partial charge in [0.25, 0.3) is 17.9 Å². The van der Waals surface area contributed by atoms with Crippen LogP contribution in [0.15, 0.2) is 41.0 Å². The topological polar surface area (TPSA) is 300 Å². The molecule has 1 fully saturated rings. The van der Waals surface area contributed by atoms with Crippen LogP contribution >= 0.6 is 11.3 Å². The predicted molar refractivity (Wildman–Crippen MR) is 166 cm³/mol. The molecule has 3 aromatic rings. The summed E-state index contributed by atoms with van der Waals surface area (Å²) in [6.45, 7) is 2.32. The molecule has 20 nitrogen and oxygen atoms in total. The van der Waals surface area contributed by atoms with Gasteiger partial charge >= 0.3 is 16.4 Å². The molecule has 22 heteroatoms. The van der Waals surface area contributed by atoms with Crippen LogP contribution < -0.4 is 27.1 Å². The van der Waals surface area contributed by atoms with Crippen LogP contribution in [-0.2, 0) is 47.5 Å². The standard InChI is InChI=1S/C26H33N9O11S2/c1-26(2)20(22(38)35(26)46-48(41,42)43)31-21(37)19(16-12-47-24(28)30-16)32-45-18(23(39)40)11-44-15-6-4-13(5-7-15)17-10-34(9-14(36)8-27)25(29)33(17)3/h4-7,10,12,14,18,20,29,36H,8-9,11,27H2,1-3H3,(H2,28,30)(H,31,37)(H,39,40)(H,41,42,43)/t14?,18-,20?/m0/s1. The number of anilines is 1. The minimum atomic E-state index is -5.03. The molecule has 2 amide bonds. The molecule has 3 atom stereocenters. The van der Waals surface area contributed by atoms with Gasteiger partial charge in [0.1, 0.15) is 24.1 Å². The molecule has 2 unspecified atom stereocenters. The highest BCUT2D eigenvalue weighted by molar-refractivity contribution is 7.80. The normalized spacial score (nSPS) is 17.4. The molecule has 0 spiro atoms. The van der Waals surface area contributed by atoms with Gasteiger partial charge in [-0.25, -0.2) is 9.78 Å². The number of thiazole rings is 1. The molecule has 2 aromatic heterocycles. The Morgan fingerprint density at radius 3 is 2.48 bits per heavy atom. The van der Waals surface area contributed by atoms with Crippen molar-refractivity contribution in [3.8, 4) is 17.0 Å². The fourth-order valence-corrected chi connectivity index (χ4v) is 5.49. The van der Waals surface area contributed by atoms with Gasteiger partial charge in [-0.1, -0.05) is 5.16 Å². The first-order valence-corrected chi connectivity index (χ1v) is 16.1. The van der Waals surface area contributed by atoms with Crippen molar-refractivity contribution in [1.82, 2.24) is 24.5 Å². The van der Waals surface area contributed by atoms with Gasteiger partial charge in [-0.3, -0.25) is 19.6 Å². The molecular formula is C26H33N9O11S2. The van der Waals surface area contributed by atoms with Crippen LogP contribution in [0.2, 0.25) is 0 Å². The van der Waals surface area contributed by atoms with Crippen molar-refractivity contribution in [3.63, 3.8) is 0 Å². The van der Waals surface area contributed by atoms with E-state index in [0.717, 1.165) is 11.3 Å². The third-order valence-corrected chi connectivity index (χ3v) is 8.12. The average molecular weight is 712 g/mol. The summed E-state index contributed by atoms with van der Waals surface area (Å²) < 4.78 is 44.2. The molecule has 1 aromatic carbocycles. The first-order chi connectivity index (χ1) is 22.4.